The largest absolute Gasteiger partial charge is 0.481 e. The second-order valence-electron chi connectivity index (χ2n) is 9.55. The van der Waals surface area contributed by atoms with E-state index in [4.69, 9.17) is 11.6 Å². The lowest BCUT2D eigenvalue weighted by atomic mass is 9.57. The van der Waals surface area contributed by atoms with Crippen molar-refractivity contribution in [3.63, 3.8) is 0 Å². The molecule has 35 heavy (non-hydrogen) atoms. The number of rotatable bonds is 5. The summed E-state index contributed by atoms with van der Waals surface area (Å²) in [5.74, 6) is -1.25. The van der Waals surface area contributed by atoms with Gasteiger partial charge in [0, 0.05) is 11.8 Å². The second-order valence-corrected chi connectivity index (χ2v) is 9.99. The van der Waals surface area contributed by atoms with Crippen molar-refractivity contribution in [1.82, 2.24) is 25.1 Å². The van der Waals surface area contributed by atoms with E-state index in [9.17, 15) is 9.90 Å². The van der Waals surface area contributed by atoms with Crippen molar-refractivity contribution in [2.24, 2.45) is 23.7 Å². The molecule has 0 radical (unpaired) electrons. The van der Waals surface area contributed by atoms with Crippen LogP contribution in [0.25, 0.3) is 33.8 Å². The van der Waals surface area contributed by atoms with Gasteiger partial charge >= 0.3 is 5.97 Å². The monoisotopic (exact) mass is 491 g/mol. The van der Waals surface area contributed by atoms with E-state index < -0.39 is 17.7 Å². The molecule has 0 spiro atoms. The zero-order valence-corrected chi connectivity index (χ0v) is 19.5. The lowest BCUT2D eigenvalue weighted by molar-refractivity contribution is -0.152. The van der Waals surface area contributed by atoms with E-state index in [1.165, 1.54) is 6.20 Å². The van der Waals surface area contributed by atoms with Crippen LogP contribution in [-0.4, -0.2) is 36.2 Å². The lowest BCUT2D eigenvalue weighted by Crippen LogP contribution is -2.45. The molecule has 0 aliphatic heterocycles. The van der Waals surface area contributed by atoms with Crippen LogP contribution in [-0.2, 0) is 11.2 Å². The topological polar surface area (TPSA) is 105 Å². The number of pyridine rings is 1. The molecule has 2 N–H and O–H groups in total. The van der Waals surface area contributed by atoms with Gasteiger partial charge in [0.15, 0.2) is 17.3 Å². The number of aliphatic carboxylic acids is 1. The maximum absolute atomic E-state index is 16.0. The predicted molar refractivity (Wildman–Crippen MR) is 129 cm³/mol. The highest BCUT2D eigenvalue weighted by Crippen LogP contribution is 2.50. The summed E-state index contributed by atoms with van der Waals surface area (Å²) in [4.78, 5) is 25.6. The third-order valence-corrected chi connectivity index (χ3v) is 7.88. The normalized spacial score (nSPS) is 23.6. The van der Waals surface area contributed by atoms with Crippen LogP contribution in [0, 0.1) is 29.5 Å². The molecule has 7 rings (SSSR count). The van der Waals surface area contributed by atoms with Crippen LogP contribution >= 0.6 is 11.6 Å². The van der Waals surface area contributed by atoms with Gasteiger partial charge < -0.3 is 5.11 Å². The molecule has 3 aliphatic rings. The van der Waals surface area contributed by atoms with Crippen LogP contribution in [0.3, 0.4) is 0 Å². The summed E-state index contributed by atoms with van der Waals surface area (Å²) in [6.07, 6.45) is 5.59. The van der Waals surface area contributed by atoms with Crippen LogP contribution in [0.4, 0.5) is 4.39 Å². The van der Waals surface area contributed by atoms with Gasteiger partial charge in [0.2, 0.25) is 0 Å². The van der Waals surface area contributed by atoms with Crippen LogP contribution in [0.2, 0.25) is 5.02 Å². The Morgan fingerprint density at radius 3 is 2.60 bits per heavy atom. The first kappa shape index (κ1) is 22.1. The standard InChI is InChI=1S/C26H23ClFN5O2/c27-16-10-18-23(32-33-24(18)29-12-16)25-30-19(21(28)22(31-25)15-4-2-1-3-5-15)11-17-13-6-8-14(9-7-13)20(17)26(34)35/h1-5,10,12-14,17,20H,6-9,11H2,(H,34,35)(H,29,32,33). The van der Waals surface area contributed by atoms with E-state index in [-0.39, 0.29) is 41.4 Å². The minimum absolute atomic E-state index is 0.144. The second kappa shape index (κ2) is 8.68. The average Bonchev–Trinajstić information content (AvgIpc) is 3.29. The number of H-pyrrole nitrogens is 1. The Bertz CT molecular complexity index is 1420. The zero-order chi connectivity index (χ0) is 24.1. The van der Waals surface area contributed by atoms with Crippen molar-refractivity contribution in [3.8, 4) is 22.8 Å². The van der Waals surface area contributed by atoms with Crippen molar-refractivity contribution >= 4 is 28.6 Å². The van der Waals surface area contributed by atoms with Gasteiger partial charge in [-0.15, -0.1) is 0 Å². The number of hydrogen-bond donors (Lipinski definition) is 2. The molecular weight excluding hydrogens is 469 g/mol. The number of carbonyl (C=O) groups is 1. The maximum Gasteiger partial charge on any atom is 0.307 e. The summed E-state index contributed by atoms with van der Waals surface area (Å²) in [5.41, 5.74) is 1.98. The summed E-state index contributed by atoms with van der Waals surface area (Å²) in [6.45, 7) is 0. The Kier molecular flexibility index (Phi) is 5.48. The minimum Gasteiger partial charge on any atom is -0.481 e. The molecule has 3 aromatic heterocycles. The summed E-state index contributed by atoms with van der Waals surface area (Å²) in [6, 6.07) is 10.8. The number of halogens is 2. The van der Waals surface area contributed by atoms with Crippen molar-refractivity contribution in [2.45, 2.75) is 32.1 Å². The van der Waals surface area contributed by atoms with E-state index in [0.717, 1.165) is 25.7 Å². The van der Waals surface area contributed by atoms with Gasteiger partial charge in [-0.3, -0.25) is 9.89 Å². The van der Waals surface area contributed by atoms with Gasteiger partial charge in [0.05, 0.1) is 22.0 Å². The van der Waals surface area contributed by atoms with Gasteiger partial charge in [-0.05, 0) is 55.9 Å². The first-order chi connectivity index (χ1) is 17.0. The Hall–Kier alpha value is -3.39. The number of carboxylic acid groups (broad SMARTS) is 1. The fourth-order valence-corrected chi connectivity index (χ4v) is 6.21. The summed E-state index contributed by atoms with van der Waals surface area (Å²) >= 11 is 6.17. The number of hydrogen-bond acceptors (Lipinski definition) is 5. The molecule has 3 aliphatic carbocycles. The Balaban J connectivity index is 1.50. The van der Waals surface area contributed by atoms with Crippen LogP contribution < -0.4 is 0 Å². The van der Waals surface area contributed by atoms with Gasteiger partial charge in [-0.2, -0.15) is 5.10 Å². The highest BCUT2D eigenvalue weighted by atomic mass is 35.5. The van der Waals surface area contributed by atoms with Gasteiger partial charge in [0.25, 0.3) is 0 Å². The molecule has 2 bridgehead atoms. The van der Waals surface area contributed by atoms with E-state index in [1.807, 2.05) is 18.2 Å². The molecule has 9 heteroatoms. The number of aromatic nitrogens is 5. The summed E-state index contributed by atoms with van der Waals surface area (Å²) in [5, 5.41) is 18.2. The molecule has 0 saturated heterocycles. The molecule has 2 unspecified atom stereocenters. The molecule has 4 aromatic rings. The van der Waals surface area contributed by atoms with E-state index in [2.05, 4.69) is 25.1 Å². The third kappa shape index (κ3) is 3.86. The maximum atomic E-state index is 16.0. The average molecular weight is 492 g/mol. The molecule has 1 aromatic carbocycles. The fourth-order valence-electron chi connectivity index (χ4n) is 6.05. The number of aromatic amines is 1. The molecule has 178 valence electrons. The smallest absolute Gasteiger partial charge is 0.307 e. The summed E-state index contributed by atoms with van der Waals surface area (Å²) in [7, 11) is 0. The van der Waals surface area contributed by atoms with Crippen LogP contribution in [0.15, 0.2) is 42.6 Å². The molecule has 3 heterocycles. The van der Waals surface area contributed by atoms with E-state index in [1.54, 1.807) is 18.2 Å². The van der Waals surface area contributed by atoms with Crippen molar-refractivity contribution < 1.29 is 14.3 Å². The zero-order valence-electron chi connectivity index (χ0n) is 18.8. The van der Waals surface area contributed by atoms with Crippen LogP contribution in [0.5, 0.6) is 0 Å². The fraction of sp³-hybridized carbons (Fsp3) is 0.346. The predicted octanol–water partition coefficient (Wildman–Crippen LogP) is 5.55. The third-order valence-electron chi connectivity index (χ3n) is 7.67. The molecule has 0 amide bonds. The minimum atomic E-state index is -0.789. The Morgan fingerprint density at radius 2 is 1.86 bits per heavy atom. The Labute approximate surface area is 205 Å². The molecule has 7 nitrogen and oxygen atoms in total. The number of carboxylic acids is 1. The lowest BCUT2D eigenvalue weighted by Gasteiger charge is -2.46. The quantitative estimate of drug-likeness (QED) is 0.379. The van der Waals surface area contributed by atoms with Crippen LogP contribution in [0.1, 0.15) is 31.4 Å². The van der Waals surface area contributed by atoms with Gasteiger partial charge in [-0.1, -0.05) is 41.9 Å². The van der Waals surface area contributed by atoms with Gasteiger partial charge in [-0.25, -0.2) is 19.3 Å². The Morgan fingerprint density at radius 1 is 1.11 bits per heavy atom. The highest BCUT2D eigenvalue weighted by molar-refractivity contribution is 6.31. The number of nitrogens with zero attached hydrogens (tertiary/aromatic N) is 4. The first-order valence-corrected chi connectivity index (χ1v) is 12.2. The SMILES string of the molecule is O=C(O)C1C2CCC(CC2)C1Cc1nc(-c2[nH]nc3ncc(Cl)cc23)nc(-c2ccccc2)c1F. The van der Waals surface area contributed by atoms with E-state index >= 15 is 4.39 Å². The number of nitrogens with one attached hydrogen (secondary N) is 1. The number of benzene rings is 1. The van der Waals surface area contributed by atoms with Gasteiger partial charge in [0.1, 0.15) is 11.4 Å². The van der Waals surface area contributed by atoms with Crippen molar-refractivity contribution in [2.75, 3.05) is 0 Å². The van der Waals surface area contributed by atoms with Crippen molar-refractivity contribution in [1.29, 1.82) is 0 Å². The molecule has 2 atom stereocenters. The molecular formula is C26H23ClFN5O2. The summed E-state index contributed by atoms with van der Waals surface area (Å²) < 4.78 is 16.0. The van der Waals surface area contributed by atoms with Crippen molar-refractivity contribution in [3.05, 3.63) is 59.1 Å². The highest BCUT2D eigenvalue weighted by Gasteiger charge is 2.47. The van der Waals surface area contributed by atoms with E-state index in [0.29, 0.717) is 27.3 Å². The first-order valence-electron chi connectivity index (χ1n) is 11.8. The number of fused-ring (bicyclic) bond motifs is 4. The molecule has 3 fully saturated rings. The molecule has 3 saturated carbocycles.